The summed E-state index contributed by atoms with van der Waals surface area (Å²) in [6, 6.07) is 13.0. The second-order valence-corrected chi connectivity index (χ2v) is 9.32. The van der Waals surface area contributed by atoms with E-state index in [2.05, 4.69) is 10.3 Å². The zero-order chi connectivity index (χ0) is 28.6. The molecule has 2 aromatic heterocycles. The van der Waals surface area contributed by atoms with E-state index < -0.39 is 17.9 Å². The maximum atomic E-state index is 13.7. The molecular formula is C28H27N3O8S. The molecule has 12 heteroatoms. The third-order valence-electron chi connectivity index (χ3n) is 5.74. The van der Waals surface area contributed by atoms with Crippen LogP contribution < -0.4 is 20.3 Å². The number of nitrogens with one attached hydrogen (secondary N) is 1. The zero-order valence-corrected chi connectivity index (χ0v) is 22.9. The van der Waals surface area contributed by atoms with Gasteiger partial charge in [-0.25, -0.2) is 4.98 Å². The van der Waals surface area contributed by atoms with Crippen molar-refractivity contribution in [1.82, 2.24) is 14.9 Å². The molecule has 1 N–H and O–H groups in total. The zero-order valence-electron chi connectivity index (χ0n) is 22.1. The summed E-state index contributed by atoms with van der Waals surface area (Å²) in [5.41, 5.74) is 0.578. The van der Waals surface area contributed by atoms with Gasteiger partial charge in [-0.2, -0.15) is 0 Å². The van der Waals surface area contributed by atoms with Crippen molar-refractivity contribution in [3.63, 3.8) is 0 Å². The molecule has 0 saturated carbocycles. The van der Waals surface area contributed by atoms with Crippen LogP contribution in [0.2, 0.25) is 0 Å². The lowest BCUT2D eigenvalue weighted by Gasteiger charge is -2.15. The number of aromatic nitrogens is 2. The molecule has 0 unspecified atom stereocenters. The third kappa shape index (κ3) is 6.52. The number of carbonyl (C=O) groups excluding carboxylic acids is 3. The fraction of sp³-hybridized carbons (Fsp3) is 0.250. The predicted molar refractivity (Wildman–Crippen MR) is 147 cm³/mol. The first-order valence-corrected chi connectivity index (χ1v) is 13.2. The van der Waals surface area contributed by atoms with E-state index in [0.717, 1.165) is 11.8 Å². The van der Waals surface area contributed by atoms with E-state index in [9.17, 15) is 19.2 Å². The average Bonchev–Trinajstić information content (AvgIpc) is 3.48. The van der Waals surface area contributed by atoms with E-state index in [4.69, 9.17) is 18.6 Å². The number of furan rings is 1. The summed E-state index contributed by atoms with van der Waals surface area (Å²) in [6.45, 7) is 2.02. The minimum atomic E-state index is -0.623. The highest BCUT2D eigenvalue weighted by Crippen LogP contribution is 2.31. The summed E-state index contributed by atoms with van der Waals surface area (Å²) in [6.07, 6.45) is 1.12. The van der Waals surface area contributed by atoms with E-state index in [-0.39, 0.29) is 46.7 Å². The van der Waals surface area contributed by atoms with Gasteiger partial charge in [0, 0.05) is 11.6 Å². The normalized spacial score (nSPS) is 10.8. The minimum absolute atomic E-state index is 0.132. The summed E-state index contributed by atoms with van der Waals surface area (Å²) in [4.78, 5) is 55.3. The summed E-state index contributed by atoms with van der Waals surface area (Å²) < 4.78 is 22.2. The number of hydrogen-bond donors (Lipinski definition) is 1. The summed E-state index contributed by atoms with van der Waals surface area (Å²) in [5.74, 6) is -0.0566. The van der Waals surface area contributed by atoms with Gasteiger partial charge in [0.1, 0.15) is 12.2 Å². The first kappa shape index (κ1) is 28.4. The van der Waals surface area contributed by atoms with Gasteiger partial charge in [0.2, 0.25) is 0 Å². The standard InChI is InChI=1S/C28H27N3O8S/c1-4-38-25(33)14-19(32)16-40-28-30-22-12-17(26(34)29-15-20-6-5-11-39-20)7-9-21(22)27(35)31(28)18-8-10-23(36-2)24(13-18)37-3/h5-13H,4,14-16H2,1-3H3,(H,29,34). The van der Waals surface area contributed by atoms with Crippen molar-refractivity contribution in [3.8, 4) is 17.2 Å². The Morgan fingerprint density at radius 2 is 1.85 bits per heavy atom. The van der Waals surface area contributed by atoms with E-state index >= 15 is 0 Å². The number of Topliss-reactive ketones (excluding diaryl/α,β-unsaturated/α-hetero) is 1. The number of methoxy groups -OCH3 is 2. The molecule has 0 bridgehead atoms. The van der Waals surface area contributed by atoms with Gasteiger partial charge >= 0.3 is 5.97 Å². The van der Waals surface area contributed by atoms with Gasteiger partial charge in [0.05, 0.1) is 56.0 Å². The van der Waals surface area contributed by atoms with Crippen LogP contribution in [0.4, 0.5) is 0 Å². The number of carbonyl (C=O) groups is 3. The molecule has 0 fully saturated rings. The summed E-state index contributed by atoms with van der Waals surface area (Å²) in [5, 5.41) is 3.21. The molecular weight excluding hydrogens is 538 g/mol. The van der Waals surface area contributed by atoms with Gasteiger partial charge in [-0.1, -0.05) is 11.8 Å². The predicted octanol–water partition coefficient (Wildman–Crippen LogP) is 3.54. The van der Waals surface area contributed by atoms with Crippen molar-refractivity contribution in [2.75, 3.05) is 26.6 Å². The second-order valence-electron chi connectivity index (χ2n) is 8.38. The number of benzene rings is 2. The largest absolute Gasteiger partial charge is 0.493 e. The van der Waals surface area contributed by atoms with Crippen molar-refractivity contribution in [3.05, 3.63) is 76.5 Å². The molecule has 11 nitrogen and oxygen atoms in total. The highest BCUT2D eigenvalue weighted by Gasteiger charge is 2.19. The molecule has 0 saturated heterocycles. The van der Waals surface area contributed by atoms with Gasteiger partial charge < -0.3 is 23.9 Å². The number of fused-ring (bicyclic) bond motifs is 1. The lowest BCUT2D eigenvalue weighted by Crippen LogP contribution is -2.24. The average molecular weight is 566 g/mol. The number of thioether (sulfide) groups is 1. The smallest absolute Gasteiger partial charge is 0.313 e. The molecule has 0 radical (unpaired) electrons. The van der Waals surface area contributed by atoms with Crippen LogP contribution in [0.25, 0.3) is 16.6 Å². The molecule has 0 aliphatic rings. The Labute approximate surface area is 233 Å². The molecule has 4 aromatic rings. The second kappa shape index (κ2) is 13.0. The van der Waals surface area contributed by atoms with Crippen LogP contribution in [0.1, 0.15) is 29.5 Å². The Kier molecular flexibility index (Phi) is 9.23. The first-order valence-electron chi connectivity index (χ1n) is 12.2. The first-order chi connectivity index (χ1) is 19.3. The van der Waals surface area contributed by atoms with Crippen molar-refractivity contribution in [2.45, 2.75) is 25.0 Å². The molecule has 208 valence electrons. The van der Waals surface area contributed by atoms with Crippen molar-refractivity contribution < 1.29 is 33.0 Å². The summed E-state index contributed by atoms with van der Waals surface area (Å²) in [7, 11) is 2.98. The van der Waals surface area contributed by atoms with Crippen LogP contribution >= 0.6 is 11.8 Å². The minimum Gasteiger partial charge on any atom is -0.493 e. The maximum Gasteiger partial charge on any atom is 0.313 e. The number of ketones is 1. The number of amides is 1. The Hall–Kier alpha value is -4.58. The molecule has 0 aliphatic heterocycles. The Bertz CT molecular complexity index is 1600. The van der Waals surface area contributed by atoms with Gasteiger partial charge in [0.15, 0.2) is 22.4 Å². The van der Waals surface area contributed by atoms with E-state index in [1.165, 1.54) is 43.2 Å². The highest BCUT2D eigenvalue weighted by molar-refractivity contribution is 7.99. The van der Waals surface area contributed by atoms with Crippen LogP contribution in [0.3, 0.4) is 0 Å². The number of nitrogens with zero attached hydrogens (tertiary/aromatic N) is 2. The number of ether oxygens (including phenoxy) is 3. The number of esters is 1. The van der Waals surface area contributed by atoms with Crippen LogP contribution in [0, 0.1) is 0 Å². The fourth-order valence-electron chi connectivity index (χ4n) is 3.85. The van der Waals surface area contributed by atoms with Gasteiger partial charge in [0.25, 0.3) is 11.5 Å². The topological polar surface area (TPSA) is 139 Å². The van der Waals surface area contributed by atoms with Gasteiger partial charge in [-0.15, -0.1) is 0 Å². The Balaban J connectivity index is 1.72. The molecule has 2 heterocycles. The SMILES string of the molecule is CCOC(=O)CC(=O)CSc1nc2cc(C(=O)NCc3ccco3)ccc2c(=O)n1-c1ccc(OC)c(OC)c1. The lowest BCUT2D eigenvalue weighted by molar-refractivity contribution is -0.145. The molecule has 0 atom stereocenters. The van der Waals surface area contributed by atoms with Crippen LogP contribution in [0.15, 0.2) is 69.2 Å². The van der Waals surface area contributed by atoms with Crippen LogP contribution in [0.5, 0.6) is 11.5 Å². The Morgan fingerprint density at radius 3 is 2.55 bits per heavy atom. The van der Waals surface area contributed by atoms with E-state index in [0.29, 0.717) is 28.5 Å². The monoisotopic (exact) mass is 565 g/mol. The molecule has 1 amide bonds. The Morgan fingerprint density at radius 1 is 1.05 bits per heavy atom. The van der Waals surface area contributed by atoms with Crippen LogP contribution in [-0.2, 0) is 20.9 Å². The lowest BCUT2D eigenvalue weighted by atomic mass is 10.1. The highest BCUT2D eigenvalue weighted by atomic mass is 32.2. The molecule has 0 spiro atoms. The fourth-order valence-corrected chi connectivity index (χ4v) is 4.72. The number of rotatable bonds is 12. The van der Waals surface area contributed by atoms with E-state index in [1.807, 2.05) is 0 Å². The van der Waals surface area contributed by atoms with Crippen molar-refractivity contribution >= 4 is 40.3 Å². The van der Waals surface area contributed by atoms with Crippen molar-refractivity contribution in [2.24, 2.45) is 0 Å². The third-order valence-corrected chi connectivity index (χ3v) is 6.74. The quantitative estimate of drug-likeness (QED) is 0.117. The van der Waals surface area contributed by atoms with Gasteiger partial charge in [-0.05, 0) is 49.4 Å². The summed E-state index contributed by atoms with van der Waals surface area (Å²) >= 11 is 0.995. The molecule has 0 aliphatic carbocycles. The van der Waals surface area contributed by atoms with E-state index in [1.54, 1.807) is 37.3 Å². The maximum absolute atomic E-state index is 13.7. The van der Waals surface area contributed by atoms with Gasteiger partial charge in [-0.3, -0.25) is 23.7 Å². The molecule has 40 heavy (non-hydrogen) atoms. The van der Waals surface area contributed by atoms with Crippen LogP contribution in [-0.4, -0.2) is 53.8 Å². The number of hydrogen-bond acceptors (Lipinski definition) is 10. The van der Waals surface area contributed by atoms with Crippen molar-refractivity contribution in [1.29, 1.82) is 0 Å². The molecule has 2 aromatic carbocycles. The molecule has 4 rings (SSSR count).